The molecule has 0 radical (unpaired) electrons. The first-order chi connectivity index (χ1) is 11.1. The summed E-state index contributed by atoms with van der Waals surface area (Å²) in [5, 5.41) is 9.17. The molecule has 2 aromatic heterocycles. The normalized spacial score (nSPS) is 10.7. The summed E-state index contributed by atoms with van der Waals surface area (Å²) in [7, 11) is 0. The van der Waals surface area contributed by atoms with Gasteiger partial charge in [-0.25, -0.2) is 9.07 Å². The van der Waals surface area contributed by atoms with Gasteiger partial charge in [-0.3, -0.25) is 4.79 Å². The number of halogens is 2. The Bertz CT molecular complexity index is 796. The molecule has 0 aliphatic carbocycles. The van der Waals surface area contributed by atoms with Crippen molar-refractivity contribution < 1.29 is 9.18 Å². The summed E-state index contributed by atoms with van der Waals surface area (Å²) in [6, 6.07) is 10.0. The summed E-state index contributed by atoms with van der Waals surface area (Å²) in [5.41, 5.74) is 0.191. The Balaban J connectivity index is 1.70. The molecule has 1 amide bonds. The van der Waals surface area contributed by atoms with Crippen molar-refractivity contribution in [1.29, 1.82) is 0 Å². The van der Waals surface area contributed by atoms with E-state index in [1.54, 1.807) is 34.3 Å². The van der Waals surface area contributed by atoms with Crippen molar-refractivity contribution in [3.8, 4) is 0 Å². The van der Waals surface area contributed by atoms with Gasteiger partial charge in [-0.05, 0) is 23.6 Å². The second kappa shape index (κ2) is 6.93. The molecular formula is C16H13ClFN3OS. The number of nitrogens with one attached hydrogen (secondary N) is 1. The summed E-state index contributed by atoms with van der Waals surface area (Å²) in [6.45, 7) is 0.570. The predicted octanol–water partition coefficient (Wildman–Crippen LogP) is 3.97. The maximum absolute atomic E-state index is 13.7. The average molecular weight is 350 g/mol. The molecule has 118 valence electrons. The van der Waals surface area contributed by atoms with Crippen LogP contribution in [0, 0.1) is 5.82 Å². The molecule has 0 aliphatic heterocycles. The number of aromatic nitrogens is 2. The Morgan fingerprint density at radius 1 is 1.30 bits per heavy atom. The topological polar surface area (TPSA) is 46.9 Å². The quantitative estimate of drug-likeness (QED) is 0.757. The van der Waals surface area contributed by atoms with Gasteiger partial charge in [0.05, 0.1) is 19.2 Å². The molecule has 3 aromatic rings. The van der Waals surface area contributed by atoms with E-state index in [4.69, 9.17) is 11.6 Å². The second-order valence-electron chi connectivity index (χ2n) is 4.88. The zero-order valence-corrected chi connectivity index (χ0v) is 13.6. The summed E-state index contributed by atoms with van der Waals surface area (Å²) < 4.78 is 15.4. The molecule has 0 fully saturated rings. The Kier molecular flexibility index (Phi) is 4.73. The fraction of sp³-hybridized carbons (Fsp3) is 0.125. The third-order valence-electron chi connectivity index (χ3n) is 3.27. The van der Waals surface area contributed by atoms with Gasteiger partial charge in [-0.15, -0.1) is 11.3 Å². The number of thiophene rings is 1. The molecule has 0 unspecified atom stereocenters. The molecule has 23 heavy (non-hydrogen) atoms. The van der Waals surface area contributed by atoms with Gasteiger partial charge in [-0.1, -0.05) is 23.7 Å². The first-order valence-corrected chi connectivity index (χ1v) is 8.16. The lowest BCUT2D eigenvalue weighted by Gasteiger charge is -2.09. The van der Waals surface area contributed by atoms with Crippen molar-refractivity contribution >= 4 is 34.7 Å². The van der Waals surface area contributed by atoms with E-state index in [0.717, 1.165) is 4.88 Å². The lowest BCUT2D eigenvalue weighted by atomic mass is 10.1. The maximum Gasteiger partial charge on any atom is 0.230 e. The molecule has 1 N–H and O–H groups in total. The molecule has 7 heteroatoms. The highest BCUT2D eigenvalue weighted by Gasteiger charge is 2.14. The minimum absolute atomic E-state index is 0.129. The molecule has 2 heterocycles. The van der Waals surface area contributed by atoms with Crippen LogP contribution < -0.4 is 5.32 Å². The van der Waals surface area contributed by atoms with Gasteiger partial charge in [-0.2, -0.15) is 5.10 Å². The van der Waals surface area contributed by atoms with Crippen LogP contribution in [-0.2, 0) is 17.8 Å². The lowest BCUT2D eigenvalue weighted by Crippen LogP contribution is -2.18. The Labute approximate surface area is 141 Å². The third kappa shape index (κ3) is 3.78. The van der Waals surface area contributed by atoms with Crippen LogP contribution in [0.4, 0.5) is 10.2 Å². The highest BCUT2D eigenvalue weighted by atomic mass is 35.5. The Morgan fingerprint density at radius 2 is 2.17 bits per heavy atom. The van der Waals surface area contributed by atoms with E-state index in [1.165, 1.54) is 12.1 Å². The number of carbonyl (C=O) groups excluding carboxylic acids is 1. The minimum atomic E-state index is -0.486. The van der Waals surface area contributed by atoms with E-state index >= 15 is 0 Å². The third-order valence-corrected chi connectivity index (χ3v) is 4.48. The molecule has 3 rings (SSSR count). The summed E-state index contributed by atoms with van der Waals surface area (Å²) in [4.78, 5) is 13.3. The number of amides is 1. The number of carbonyl (C=O) groups is 1. The van der Waals surface area contributed by atoms with Crippen LogP contribution >= 0.6 is 22.9 Å². The van der Waals surface area contributed by atoms with Crippen LogP contribution in [0.3, 0.4) is 0 Å². The molecule has 1 aromatic carbocycles. The number of rotatable bonds is 5. The van der Waals surface area contributed by atoms with Gasteiger partial charge in [0.25, 0.3) is 0 Å². The smallest absolute Gasteiger partial charge is 0.230 e. The van der Waals surface area contributed by atoms with Crippen molar-refractivity contribution in [2.75, 3.05) is 5.32 Å². The number of hydrogen-bond donors (Lipinski definition) is 1. The van der Waals surface area contributed by atoms with Gasteiger partial charge in [0, 0.05) is 21.5 Å². The summed E-state index contributed by atoms with van der Waals surface area (Å²) in [6.07, 6.45) is 1.48. The van der Waals surface area contributed by atoms with Crippen LogP contribution in [0.2, 0.25) is 5.02 Å². The Hall–Kier alpha value is -2.18. The standard InChI is InChI=1S/C16H13ClFN3OS/c17-13-4-1-5-14(18)12(13)9-16(22)20-15-6-7-19-21(15)10-11-3-2-8-23-11/h1-8H,9-10H2,(H,20,22). The van der Waals surface area contributed by atoms with Crippen LogP contribution in [-0.4, -0.2) is 15.7 Å². The molecular weight excluding hydrogens is 337 g/mol. The van der Waals surface area contributed by atoms with Gasteiger partial charge >= 0.3 is 0 Å². The minimum Gasteiger partial charge on any atom is -0.311 e. The van der Waals surface area contributed by atoms with E-state index in [-0.39, 0.29) is 22.9 Å². The molecule has 0 bridgehead atoms. The van der Waals surface area contributed by atoms with Crippen molar-refractivity contribution in [3.63, 3.8) is 0 Å². The zero-order valence-electron chi connectivity index (χ0n) is 12.0. The zero-order chi connectivity index (χ0) is 16.2. The molecule has 0 saturated carbocycles. The van der Waals surface area contributed by atoms with Crippen LogP contribution in [0.1, 0.15) is 10.4 Å². The summed E-state index contributed by atoms with van der Waals surface area (Å²) >= 11 is 7.56. The summed E-state index contributed by atoms with van der Waals surface area (Å²) in [5.74, 6) is -0.263. The fourth-order valence-corrected chi connectivity index (χ4v) is 3.08. The van der Waals surface area contributed by atoms with E-state index < -0.39 is 5.82 Å². The fourth-order valence-electron chi connectivity index (χ4n) is 2.16. The van der Waals surface area contributed by atoms with Gasteiger partial charge < -0.3 is 5.32 Å². The molecule has 0 aliphatic rings. The van der Waals surface area contributed by atoms with Crippen LogP contribution in [0.5, 0.6) is 0 Å². The van der Waals surface area contributed by atoms with Crippen molar-refractivity contribution in [2.45, 2.75) is 13.0 Å². The highest BCUT2D eigenvalue weighted by Crippen LogP contribution is 2.20. The van der Waals surface area contributed by atoms with Crippen LogP contribution in [0.25, 0.3) is 0 Å². The van der Waals surface area contributed by atoms with Crippen molar-refractivity contribution in [2.24, 2.45) is 0 Å². The second-order valence-corrected chi connectivity index (χ2v) is 6.32. The Morgan fingerprint density at radius 3 is 2.91 bits per heavy atom. The van der Waals surface area contributed by atoms with E-state index in [0.29, 0.717) is 12.4 Å². The number of anilines is 1. The van der Waals surface area contributed by atoms with Crippen LogP contribution in [0.15, 0.2) is 48.0 Å². The van der Waals surface area contributed by atoms with Gasteiger partial charge in [0.15, 0.2) is 0 Å². The first-order valence-electron chi connectivity index (χ1n) is 6.90. The highest BCUT2D eigenvalue weighted by molar-refractivity contribution is 7.09. The number of benzene rings is 1. The molecule has 0 spiro atoms. The van der Waals surface area contributed by atoms with Gasteiger partial charge in [0.1, 0.15) is 11.6 Å². The number of hydrogen-bond acceptors (Lipinski definition) is 3. The molecule has 0 saturated heterocycles. The van der Waals surface area contributed by atoms with E-state index in [1.807, 2.05) is 17.5 Å². The van der Waals surface area contributed by atoms with Gasteiger partial charge in [0.2, 0.25) is 5.91 Å². The largest absolute Gasteiger partial charge is 0.311 e. The van der Waals surface area contributed by atoms with Crippen molar-refractivity contribution in [3.05, 3.63) is 69.3 Å². The SMILES string of the molecule is O=C(Cc1c(F)cccc1Cl)Nc1ccnn1Cc1cccs1. The predicted molar refractivity (Wildman–Crippen MR) is 89.4 cm³/mol. The lowest BCUT2D eigenvalue weighted by molar-refractivity contribution is -0.115. The van der Waals surface area contributed by atoms with Crippen molar-refractivity contribution in [1.82, 2.24) is 9.78 Å². The monoisotopic (exact) mass is 349 g/mol. The first kappa shape index (κ1) is 15.7. The molecule has 4 nitrogen and oxygen atoms in total. The maximum atomic E-state index is 13.7. The van der Waals surface area contributed by atoms with E-state index in [9.17, 15) is 9.18 Å². The molecule has 0 atom stereocenters. The number of nitrogens with zero attached hydrogens (tertiary/aromatic N) is 2. The average Bonchev–Trinajstić information content (AvgIpc) is 3.16. The van der Waals surface area contributed by atoms with E-state index in [2.05, 4.69) is 10.4 Å².